The summed E-state index contributed by atoms with van der Waals surface area (Å²) in [7, 11) is 0. The Kier molecular flexibility index (Phi) is 8.36. The summed E-state index contributed by atoms with van der Waals surface area (Å²) in [5, 5.41) is 0. The smallest absolute Gasteiger partial charge is 0.784 e. The topological polar surface area (TPSA) is 63.2 Å². The SMILES string of the molecule is O=S([O-])[O-].[Co+2]. The summed E-state index contributed by atoms with van der Waals surface area (Å²) in [5.74, 6) is 0. The van der Waals surface area contributed by atoms with Crippen LogP contribution in [0.15, 0.2) is 0 Å². The molecule has 1 radical (unpaired) electrons. The van der Waals surface area contributed by atoms with E-state index in [4.69, 9.17) is 13.3 Å². The normalized spacial score (nSPS) is 7.00. The molecule has 0 aromatic carbocycles. The molecule has 3 nitrogen and oxygen atoms in total. The summed E-state index contributed by atoms with van der Waals surface area (Å²) in [4.78, 5) is 0. The van der Waals surface area contributed by atoms with Crippen molar-refractivity contribution in [2.45, 2.75) is 0 Å². The molecule has 0 N–H and O–H groups in total. The number of rotatable bonds is 0. The van der Waals surface area contributed by atoms with Crippen LogP contribution in [0.5, 0.6) is 0 Å². The summed E-state index contributed by atoms with van der Waals surface area (Å²) in [5.41, 5.74) is 0. The molecular formula is CoO3S. The third-order valence-corrected chi connectivity index (χ3v) is 0. The second kappa shape index (κ2) is 4.58. The van der Waals surface area contributed by atoms with Crippen molar-refractivity contribution in [1.82, 2.24) is 0 Å². The molecule has 0 rings (SSSR count). The molecule has 0 aliphatic heterocycles. The molecule has 0 atom stereocenters. The summed E-state index contributed by atoms with van der Waals surface area (Å²) in [6.07, 6.45) is 0. The minimum Gasteiger partial charge on any atom is -0.784 e. The molecule has 0 spiro atoms. The first-order valence-corrected chi connectivity index (χ1v) is 1.50. The first kappa shape index (κ1) is 9.13. The van der Waals surface area contributed by atoms with Crippen molar-refractivity contribution in [2.24, 2.45) is 0 Å². The van der Waals surface area contributed by atoms with Crippen LogP contribution in [0.1, 0.15) is 0 Å². The van der Waals surface area contributed by atoms with Gasteiger partial charge >= 0.3 is 16.8 Å². The van der Waals surface area contributed by atoms with E-state index in [0.717, 1.165) is 0 Å². The third kappa shape index (κ3) is 91.4. The standard InChI is InChI=1S/Co.H2O3S/c;1-4(2)3/h;(H2,1,2,3)/q+2;/p-2. The Hall–Kier alpha value is 0.576. The van der Waals surface area contributed by atoms with E-state index >= 15 is 0 Å². The Morgan fingerprint density at radius 3 is 1.40 bits per heavy atom. The van der Waals surface area contributed by atoms with Crippen molar-refractivity contribution in [3.05, 3.63) is 0 Å². The van der Waals surface area contributed by atoms with Crippen LogP contribution in [0, 0.1) is 0 Å². The summed E-state index contributed by atoms with van der Waals surface area (Å²) < 4.78 is 25.3. The molecular weight excluding hydrogens is 139 g/mol. The maximum Gasteiger partial charge on any atom is 2.00 e. The molecule has 0 aromatic heterocycles. The van der Waals surface area contributed by atoms with Gasteiger partial charge in [-0.05, 0) is 0 Å². The van der Waals surface area contributed by atoms with E-state index < -0.39 is 11.4 Å². The van der Waals surface area contributed by atoms with E-state index in [1.54, 1.807) is 0 Å². The van der Waals surface area contributed by atoms with E-state index in [-0.39, 0.29) is 16.8 Å². The first-order chi connectivity index (χ1) is 1.73. The van der Waals surface area contributed by atoms with Crippen LogP contribution in [0.4, 0.5) is 0 Å². The number of hydrogen-bond donors (Lipinski definition) is 0. The molecule has 0 heterocycles. The fraction of sp³-hybridized carbons (Fsp3) is 0. The van der Waals surface area contributed by atoms with Crippen molar-refractivity contribution in [3.63, 3.8) is 0 Å². The van der Waals surface area contributed by atoms with Gasteiger partial charge in [-0.2, -0.15) is 0 Å². The molecule has 33 valence electrons. The van der Waals surface area contributed by atoms with E-state index in [2.05, 4.69) is 0 Å². The van der Waals surface area contributed by atoms with Crippen molar-refractivity contribution in [3.8, 4) is 0 Å². The largest absolute Gasteiger partial charge is 2.00 e. The van der Waals surface area contributed by atoms with Crippen LogP contribution in [0.2, 0.25) is 0 Å². The summed E-state index contributed by atoms with van der Waals surface area (Å²) >= 11 is -3.11. The van der Waals surface area contributed by atoms with E-state index in [9.17, 15) is 0 Å². The fourth-order valence-corrected chi connectivity index (χ4v) is 0. The Morgan fingerprint density at radius 1 is 1.40 bits per heavy atom. The Morgan fingerprint density at radius 2 is 1.40 bits per heavy atom. The van der Waals surface area contributed by atoms with Crippen LogP contribution in [-0.4, -0.2) is 13.3 Å². The van der Waals surface area contributed by atoms with Gasteiger partial charge in [0.25, 0.3) is 0 Å². The maximum absolute atomic E-state index is 8.44. The molecule has 0 aromatic rings. The molecule has 0 saturated carbocycles. The second-order valence-electron chi connectivity index (χ2n) is 0.204. The molecule has 5 heteroatoms. The molecule has 5 heavy (non-hydrogen) atoms. The first-order valence-electron chi connectivity index (χ1n) is 0.500. The van der Waals surface area contributed by atoms with Gasteiger partial charge in [-0.3, -0.25) is 4.21 Å². The van der Waals surface area contributed by atoms with Crippen molar-refractivity contribution in [2.75, 3.05) is 0 Å². The van der Waals surface area contributed by atoms with Crippen LogP contribution < -0.4 is 0 Å². The third-order valence-electron chi connectivity index (χ3n) is 0. The molecule has 0 bridgehead atoms. The fourth-order valence-electron chi connectivity index (χ4n) is 0. The quantitative estimate of drug-likeness (QED) is 0.404. The Balaban J connectivity index is 0. The van der Waals surface area contributed by atoms with Crippen molar-refractivity contribution < 1.29 is 30.1 Å². The number of hydrogen-bond acceptors (Lipinski definition) is 3. The average Bonchev–Trinajstić information content (AvgIpc) is 0.811. The van der Waals surface area contributed by atoms with Crippen LogP contribution in [-0.2, 0) is 28.1 Å². The van der Waals surface area contributed by atoms with E-state index in [1.807, 2.05) is 0 Å². The average molecular weight is 139 g/mol. The molecule has 0 unspecified atom stereocenters. The van der Waals surface area contributed by atoms with Gasteiger partial charge in [-0.25, -0.2) is 0 Å². The molecule has 0 fully saturated rings. The Labute approximate surface area is 42.1 Å². The monoisotopic (exact) mass is 139 g/mol. The Bertz CT molecular complexity index is 29.9. The predicted octanol–water partition coefficient (Wildman–Crippen LogP) is -1.01. The second-order valence-corrected chi connectivity index (χ2v) is 0.612. The molecule has 0 aliphatic rings. The minimum atomic E-state index is -3.11. The van der Waals surface area contributed by atoms with Gasteiger partial charge in [-0.1, -0.05) is 0 Å². The minimum absolute atomic E-state index is 0. The molecule has 0 saturated heterocycles. The van der Waals surface area contributed by atoms with E-state index in [0.29, 0.717) is 0 Å². The van der Waals surface area contributed by atoms with Gasteiger partial charge in [-0.15, -0.1) is 11.4 Å². The molecule has 0 amide bonds. The van der Waals surface area contributed by atoms with Gasteiger partial charge in [0.15, 0.2) is 0 Å². The van der Waals surface area contributed by atoms with Crippen molar-refractivity contribution >= 4 is 11.4 Å². The van der Waals surface area contributed by atoms with Crippen LogP contribution in [0.25, 0.3) is 0 Å². The molecule has 0 aliphatic carbocycles. The van der Waals surface area contributed by atoms with Gasteiger partial charge in [0.05, 0.1) is 0 Å². The van der Waals surface area contributed by atoms with E-state index in [1.165, 1.54) is 0 Å². The maximum atomic E-state index is 8.44. The zero-order valence-electron chi connectivity index (χ0n) is 1.97. The van der Waals surface area contributed by atoms with Crippen LogP contribution >= 0.6 is 0 Å². The summed E-state index contributed by atoms with van der Waals surface area (Å²) in [6.45, 7) is 0. The predicted molar refractivity (Wildman–Crippen MR) is 9.70 cm³/mol. The van der Waals surface area contributed by atoms with Crippen LogP contribution in [0.3, 0.4) is 0 Å². The van der Waals surface area contributed by atoms with Gasteiger partial charge < -0.3 is 9.11 Å². The van der Waals surface area contributed by atoms with Crippen molar-refractivity contribution in [1.29, 1.82) is 0 Å². The zero-order chi connectivity index (χ0) is 3.58. The van der Waals surface area contributed by atoms with Gasteiger partial charge in [0.1, 0.15) is 0 Å². The summed E-state index contributed by atoms with van der Waals surface area (Å²) in [6, 6.07) is 0. The van der Waals surface area contributed by atoms with Gasteiger partial charge in [0.2, 0.25) is 0 Å². The van der Waals surface area contributed by atoms with Gasteiger partial charge in [0, 0.05) is 0 Å². The zero-order valence-corrected chi connectivity index (χ0v) is 3.82.